The Morgan fingerprint density at radius 1 is 1.07 bits per heavy atom. The van der Waals surface area contributed by atoms with Crippen molar-refractivity contribution in [2.75, 3.05) is 13.7 Å². The normalized spacial score (nSPS) is 13.7. The van der Waals surface area contributed by atoms with Crippen molar-refractivity contribution in [2.45, 2.75) is 69.7 Å². The minimum atomic E-state index is -1.29. The van der Waals surface area contributed by atoms with Crippen LogP contribution < -0.4 is 16.4 Å². The molecule has 166 valence electrons. The highest BCUT2D eigenvalue weighted by atomic mass is 32.2. The lowest BCUT2D eigenvalue weighted by Crippen LogP contribution is -2.46. The SMILES string of the molecule is CCC(=O)SC(C)C(=O)N[C@H](CCC(=O)N[C@@H](CCCCN)C(=O)OC)C(=O)O. The third kappa shape index (κ3) is 11.4. The number of aliphatic carboxylic acids is 1. The van der Waals surface area contributed by atoms with E-state index in [1.807, 2.05) is 0 Å². The summed E-state index contributed by atoms with van der Waals surface area (Å²) in [6, 6.07) is -2.13. The summed E-state index contributed by atoms with van der Waals surface area (Å²) in [5.41, 5.74) is 5.42. The van der Waals surface area contributed by atoms with Gasteiger partial charge in [-0.3, -0.25) is 14.4 Å². The smallest absolute Gasteiger partial charge is 0.328 e. The topological polar surface area (TPSA) is 165 Å². The molecule has 5 N–H and O–H groups in total. The molecule has 0 fully saturated rings. The molecule has 0 rings (SSSR count). The van der Waals surface area contributed by atoms with Gasteiger partial charge in [0.15, 0.2) is 5.12 Å². The van der Waals surface area contributed by atoms with Crippen LogP contribution in [-0.4, -0.2) is 65.0 Å². The van der Waals surface area contributed by atoms with E-state index >= 15 is 0 Å². The highest BCUT2D eigenvalue weighted by Gasteiger charge is 2.26. The molecule has 0 saturated carbocycles. The summed E-state index contributed by atoms with van der Waals surface area (Å²) < 4.78 is 4.66. The van der Waals surface area contributed by atoms with Crippen LogP contribution in [-0.2, 0) is 28.7 Å². The number of carboxylic acid groups (broad SMARTS) is 1. The number of amides is 2. The molecular formula is C18H31N3O7S. The van der Waals surface area contributed by atoms with Crippen LogP contribution in [0.3, 0.4) is 0 Å². The van der Waals surface area contributed by atoms with E-state index in [1.165, 1.54) is 14.0 Å². The van der Waals surface area contributed by atoms with E-state index in [9.17, 15) is 29.1 Å². The highest BCUT2D eigenvalue weighted by Crippen LogP contribution is 2.14. The number of nitrogens with one attached hydrogen (secondary N) is 2. The van der Waals surface area contributed by atoms with Crippen molar-refractivity contribution in [3.8, 4) is 0 Å². The van der Waals surface area contributed by atoms with E-state index in [4.69, 9.17) is 5.73 Å². The maximum absolute atomic E-state index is 12.1. The predicted molar refractivity (Wildman–Crippen MR) is 108 cm³/mol. The first-order valence-corrected chi connectivity index (χ1v) is 10.3. The zero-order chi connectivity index (χ0) is 22.4. The summed E-state index contributed by atoms with van der Waals surface area (Å²) in [5.74, 6) is -3.02. The van der Waals surface area contributed by atoms with Gasteiger partial charge in [0.2, 0.25) is 11.8 Å². The molecule has 0 saturated heterocycles. The number of hydrogen-bond acceptors (Lipinski definition) is 8. The summed E-state index contributed by atoms with van der Waals surface area (Å²) in [6.45, 7) is 3.63. The number of carboxylic acids is 1. The van der Waals surface area contributed by atoms with Crippen LogP contribution in [0.5, 0.6) is 0 Å². The minimum Gasteiger partial charge on any atom is -0.480 e. The lowest BCUT2D eigenvalue weighted by atomic mass is 10.1. The van der Waals surface area contributed by atoms with Crippen LogP contribution in [0, 0.1) is 0 Å². The molecule has 0 bridgehead atoms. The van der Waals surface area contributed by atoms with Gasteiger partial charge in [-0.2, -0.15) is 0 Å². The van der Waals surface area contributed by atoms with Crippen LogP contribution in [0.15, 0.2) is 0 Å². The number of carbonyl (C=O) groups excluding carboxylic acids is 4. The summed E-state index contributed by atoms with van der Waals surface area (Å²) >= 11 is 0.826. The number of methoxy groups -OCH3 is 1. The fourth-order valence-corrected chi connectivity index (χ4v) is 3.04. The molecule has 0 aromatic rings. The minimum absolute atomic E-state index is 0.164. The van der Waals surface area contributed by atoms with Crippen LogP contribution in [0.1, 0.15) is 52.4 Å². The Morgan fingerprint density at radius 2 is 1.72 bits per heavy atom. The van der Waals surface area contributed by atoms with Gasteiger partial charge in [0.05, 0.1) is 12.4 Å². The van der Waals surface area contributed by atoms with Crippen molar-refractivity contribution >= 4 is 40.6 Å². The first-order chi connectivity index (χ1) is 13.7. The van der Waals surface area contributed by atoms with E-state index < -0.39 is 41.1 Å². The predicted octanol–water partition coefficient (Wildman–Crippen LogP) is 0.181. The van der Waals surface area contributed by atoms with E-state index in [-0.39, 0.29) is 24.4 Å². The summed E-state index contributed by atoms with van der Waals surface area (Å²) in [6.07, 6.45) is 1.55. The number of hydrogen-bond donors (Lipinski definition) is 4. The molecule has 3 atom stereocenters. The second-order valence-electron chi connectivity index (χ2n) is 6.35. The van der Waals surface area contributed by atoms with Gasteiger partial charge in [-0.05, 0) is 39.2 Å². The average molecular weight is 434 g/mol. The molecule has 2 amide bonds. The van der Waals surface area contributed by atoms with Crippen molar-refractivity contribution in [2.24, 2.45) is 5.73 Å². The quantitative estimate of drug-likeness (QED) is 0.221. The van der Waals surface area contributed by atoms with Gasteiger partial charge in [-0.15, -0.1) is 0 Å². The molecule has 29 heavy (non-hydrogen) atoms. The monoisotopic (exact) mass is 433 g/mol. The fraction of sp³-hybridized carbons (Fsp3) is 0.722. The molecule has 0 heterocycles. The van der Waals surface area contributed by atoms with E-state index in [1.54, 1.807) is 6.92 Å². The average Bonchev–Trinajstić information content (AvgIpc) is 2.68. The van der Waals surface area contributed by atoms with E-state index in [0.29, 0.717) is 25.8 Å². The number of rotatable bonds is 14. The Labute approximate surface area is 174 Å². The number of ether oxygens (including phenoxy) is 1. The lowest BCUT2D eigenvalue weighted by molar-refractivity contribution is -0.145. The van der Waals surface area contributed by atoms with Crippen molar-refractivity contribution < 1.29 is 33.8 Å². The number of thioether (sulfide) groups is 1. The Bertz CT molecular complexity index is 586. The number of nitrogens with two attached hydrogens (primary N) is 1. The highest BCUT2D eigenvalue weighted by molar-refractivity contribution is 8.14. The second-order valence-corrected chi connectivity index (χ2v) is 7.75. The summed E-state index contributed by atoms with van der Waals surface area (Å²) in [5, 5.41) is 13.2. The molecule has 0 aliphatic carbocycles. The maximum atomic E-state index is 12.1. The van der Waals surface area contributed by atoms with Gasteiger partial charge in [0, 0.05) is 12.8 Å². The Kier molecular flexibility index (Phi) is 13.7. The molecular weight excluding hydrogens is 402 g/mol. The first kappa shape index (κ1) is 26.9. The fourth-order valence-electron chi connectivity index (χ4n) is 2.31. The van der Waals surface area contributed by atoms with Gasteiger partial charge in [0.1, 0.15) is 12.1 Å². The van der Waals surface area contributed by atoms with Gasteiger partial charge in [-0.1, -0.05) is 18.7 Å². The molecule has 0 aromatic heterocycles. The largest absolute Gasteiger partial charge is 0.480 e. The summed E-state index contributed by atoms with van der Waals surface area (Å²) in [4.78, 5) is 58.8. The Morgan fingerprint density at radius 3 is 2.24 bits per heavy atom. The Hall–Kier alpha value is -2.14. The van der Waals surface area contributed by atoms with Crippen LogP contribution >= 0.6 is 11.8 Å². The van der Waals surface area contributed by atoms with Crippen LogP contribution in [0.4, 0.5) is 0 Å². The standard InChI is InChI=1S/C18H31N3O7S/c1-4-15(23)29-11(2)16(24)21-12(17(25)26)8-9-14(22)20-13(18(27)28-3)7-5-6-10-19/h11-13H,4-10,19H2,1-3H3,(H,20,22)(H,21,24)(H,25,26)/t11?,12-,13+/m1/s1. The Balaban J connectivity index is 4.70. The van der Waals surface area contributed by atoms with E-state index in [2.05, 4.69) is 15.4 Å². The van der Waals surface area contributed by atoms with Crippen molar-refractivity contribution in [3.05, 3.63) is 0 Å². The third-order valence-electron chi connectivity index (χ3n) is 4.01. The van der Waals surface area contributed by atoms with Crippen LogP contribution in [0.2, 0.25) is 0 Å². The molecule has 11 heteroatoms. The maximum Gasteiger partial charge on any atom is 0.328 e. The number of carbonyl (C=O) groups is 5. The first-order valence-electron chi connectivity index (χ1n) is 9.46. The molecule has 0 aliphatic rings. The molecule has 0 spiro atoms. The second kappa shape index (κ2) is 14.8. The van der Waals surface area contributed by atoms with Gasteiger partial charge >= 0.3 is 11.9 Å². The molecule has 10 nitrogen and oxygen atoms in total. The number of esters is 1. The van der Waals surface area contributed by atoms with Gasteiger partial charge in [-0.25, -0.2) is 9.59 Å². The third-order valence-corrected chi connectivity index (χ3v) is 5.13. The van der Waals surface area contributed by atoms with Crippen molar-refractivity contribution in [1.29, 1.82) is 0 Å². The van der Waals surface area contributed by atoms with Crippen LogP contribution in [0.25, 0.3) is 0 Å². The summed E-state index contributed by atoms with van der Waals surface area (Å²) in [7, 11) is 1.21. The molecule has 0 aromatic carbocycles. The van der Waals surface area contributed by atoms with Crippen molar-refractivity contribution in [1.82, 2.24) is 10.6 Å². The molecule has 0 aliphatic heterocycles. The zero-order valence-electron chi connectivity index (χ0n) is 17.1. The van der Waals surface area contributed by atoms with Gasteiger partial charge < -0.3 is 26.2 Å². The molecule has 0 radical (unpaired) electrons. The molecule has 1 unspecified atom stereocenters. The number of unbranched alkanes of at least 4 members (excludes halogenated alkanes) is 1. The lowest BCUT2D eigenvalue weighted by Gasteiger charge is -2.19. The zero-order valence-corrected chi connectivity index (χ0v) is 17.9. The van der Waals surface area contributed by atoms with E-state index in [0.717, 1.165) is 11.8 Å². The van der Waals surface area contributed by atoms with Gasteiger partial charge in [0.25, 0.3) is 0 Å². The van der Waals surface area contributed by atoms with Crippen molar-refractivity contribution in [3.63, 3.8) is 0 Å².